The fourth-order valence-corrected chi connectivity index (χ4v) is 4.55. The van der Waals surface area contributed by atoms with Crippen LogP contribution in [0.2, 0.25) is 0 Å². The van der Waals surface area contributed by atoms with Gasteiger partial charge in [0.2, 0.25) is 0 Å². The smallest absolute Gasteiger partial charge is 0.157 e. The number of aromatic nitrogens is 3. The molecule has 20 heavy (non-hydrogen) atoms. The van der Waals surface area contributed by atoms with Gasteiger partial charge in [0, 0.05) is 12.0 Å². The molecular weight excluding hydrogens is 354 g/mol. The Balaban J connectivity index is 1.67. The van der Waals surface area contributed by atoms with E-state index in [9.17, 15) is 0 Å². The Hall–Kier alpha value is -0.980. The fourth-order valence-electron chi connectivity index (χ4n) is 1.97. The molecule has 1 saturated carbocycles. The lowest BCUT2D eigenvalue weighted by atomic mass is 10.3. The first-order valence-corrected chi connectivity index (χ1v) is 8.78. The minimum absolute atomic E-state index is 0.558. The molecule has 0 bridgehead atoms. The summed E-state index contributed by atoms with van der Waals surface area (Å²) in [6.07, 6.45) is 2.42. The van der Waals surface area contributed by atoms with E-state index in [1.807, 2.05) is 24.3 Å². The van der Waals surface area contributed by atoms with Crippen molar-refractivity contribution in [1.29, 1.82) is 0 Å². The second-order valence-corrected chi connectivity index (χ2v) is 7.82. The van der Waals surface area contributed by atoms with Crippen LogP contribution in [0.1, 0.15) is 24.6 Å². The Kier molecular flexibility index (Phi) is 3.24. The first-order valence-electron chi connectivity index (χ1n) is 6.36. The molecule has 0 amide bonds. The summed E-state index contributed by atoms with van der Waals surface area (Å²) in [5.74, 6) is 1.52. The molecule has 0 atom stereocenters. The van der Waals surface area contributed by atoms with Crippen molar-refractivity contribution in [3.63, 3.8) is 0 Å². The summed E-state index contributed by atoms with van der Waals surface area (Å²) in [4.78, 5) is 13.7. The van der Waals surface area contributed by atoms with E-state index in [0.29, 0.717) is 5.92 Å². The van der Waals surface area contributed by atoms with Gasteiger partial charge in [0.1, 0.15) is 15.5 Å². The third kappa shape index (κ3) is 2.60. The number of para-hydroxylation sites is 1. The number of halogens is 1. The van der Waals surface area contributed by atoms with Gasteiger partial charge < -0.3 is 0 Å². The highest BCUT2D eigenvalue weighted by molar-refractivity contribution is 9.10. The second-order valence-electron chi connectivity index (χ2n) is 4.71. The Labute approximate surface area is 133 Å². The summed E-state index contributed by atoms with van der Waals surface area (Å²) in [7, 11) is 0. The number of hydrogen-bond acceptors (Lipinski definition) is 5. The average Bonchev–Trinajstić information content (AvgIpc) is 3.19. The van der Waals surface area contributed by atoms with Crippen molar-refractivity contribution < 1.29 is 0 Å². The normalized spacial score (nSPS) is 14.8. The molecular formula is C14H10BrN3S2. The average molecular weight is 364 g/mol. The zero-order chi connectivity index (χ0) is 13.5. The summed E-state index contributed by atoms with van der Waals surface area (Å²) in [6, 6.07) is 10.2. The van der Waals surface area contributed by atoms with Crippen molar-refractivity contribution in [3.05, 3.63) is 40.8 Å². The maximum Gasteiger partial charge on any atom is 0.157 e. The Morgan fingerprint density at radius 1 is 1.15 bits per heavy atom. The monoisotopic (exact) mass is 363 g/mol. The van der Waals surface area contributed by atoms with E-state index in [2.05, 4.69) is 36.9 Å². The number of benzene rings is 1. The standard InChI is InChI=1S/C14H10BrN3S2/c15-11-7-12(18-13(17-11)8-5-6-8)20-14-16-9-3-1-2-4-10(9)19-14/h1-4,7-8H,5-6H2. The summed E-state index contributed by atoms with van der Waals surface area (Å²) in [5.41, 5.74) is 1.05. The molecule has 0 radical (unpaired) electrons. The lowest BCUT2D eigenvalue weighted by Crippen LogP contribution is -1.94. The van der Waals surface area contributed by atoms with Gasteiger partial charge >= 0.3 is 0 Å². The summed E-state index contributed by atoms with van der Waals surface area (Å²) < 4.78 is 3.10. The van der Waals surface area contributed by atoms with Gasteiger partial charge in [0.05, 0.1) is 10.2 Å². The highest BCUT2D eigenvalue weighted by Gasteiger charge is 2.27. The lowest BCUT2D eigenvalue weighted by molar-refractivity contribution is 0.866. The molecule has 0 saturated heterocycles. The minimum Gasteiger partial charge on any atom is -0.229 e. The van der Waals surface area contributed by atoms with Crippen LogP contribution >= 0.6 is 39.0 Å². The molecule has 6 heteroatoms. The predicted molar refractivity (Wildman–Crippen MR) is 85.5 cm³/mol. The zero-order valence-electron chi connectivity index (χ0n) is 10.4. The molecule has 1 fully saturated rings. The third-order valence-electron chi connectivity index (χ3n) is 3.10. The first kappa shape index (κ1) is 12.7. The largest absolute Gasteiger partial charge is 0.229 e. The maximum absolute atomic E-state index is 4.65. The molecule has 0 unspecified atom stereocenters. The van der Waals surface area contributed by atoms with E-state index >= 15 is 0 Å². The van der Waals surface area contributed by atoms with Crippen molar-refractivity contribution in [2.24, 2.45) is 0 Å². The molecule has 2 heterocycles. The summed E-state index contributed by atoms with van der Waals surface area (Å²) >= 11 is 6.79. The second kappa shape index (κ2) is 5.09. The molecule has 1 aliphatic rings. The van der Waals surface area contributed by atoms with Crippen molar-refractivity contribution in [3.8, 4) is 0 Å². The molecule has 4 rings (SSSR count). The van der Waals surface area contributed by atoms with Crippen molar-refractivity contribution in [2.75, 3.05) is 0 Å². The molecule has 0 N–H and O–H groups in total. The molecule has 1 aromatic carbocycles. The SMILES string of the molecule is Brc1cc(Sc2nc3ccccc3s2)nc(C2CC2)n1. The number of fused-ring (bicyclic) bond motifs is 1. The zero-order valence-corrected chi connectivity index (χ0v) is 13.6. The van der Waals surface area contributed by atoms with Crippen LogP contribution in [0.3, 0.4) is 0 Å². The van der Waals surface area contributed by atoms with Crippen LogP contribution in [0.5, 0.6) is 0 Å². The van der Waals surface area contributed by atoms with Crippen LogP contribution in [0.15, 0.2) is 44.3 Å². The number of rotatable bonds is 3. The number of hydrogen-bond donors (Lipinski definition) is 0. The summed E-state index contributed by atoms with van der Waals surface area (Å²) in [6.45, 7) is 0. The van der Waals surface area contributed by atoms with Gasteiger partial charge in [-0.05, 0) is 52.7 Å². The molecule has 2 aromatic heterocycles. The van der Waals surface area contributed by atoms with Gasteiger partial charge in [-0.3, -0.25) is 0 Å². The Bertz CT molecular complexity index is 750. The van der Waals surface area contributed by atoms with Gasteiger partial charge in [-0.2, -0.15) is 0 Å². The van der Waals surface area contributed by atoms with Crippen LogP contribution in [0, 0.1) is 0 Å². The van der Waals surface area contributed by atoms with E-state index in [1.54, 1.807) is 23.1 Å². The van der Waals surface area contributed by atoms with Crippen molar-refractivity contribution in [2.45, 2.75) is 28.1 Å². The predicted octanol–water partition coefficient (Wildman–Crippen LogP) is 4.88. The van der Waals surface area contributed by atoms with E-state index in [-0.39, 0.29) is 0 Å². The Morgan fingerprint density at radius 2 is 2.00 bits per heavy atom. The topological polar surface area (TPSA) is 38.7 Å². The van der Waals surface area contributed by atoms with E-state index in [0.717, 1.165) is 25.3 Å². The molecule has 0 aliphatic heterocycles. The summed E-state index contributed by atoms with van der Waals surface area (Å²) in [5, 5.41) is 0.966. The van der Waals surface area contributed by atoms with Crippen molar-refractivity contribution in [1.82, 2.24) is 15.0 Å². The molecule has 3 aromatic rings. The van der Waals surface area contributed by atoms with Crippen LogP contribution in [-0.4, -0.2) is 15.0 Å². The van der Waals surface area contributed by atoms with Crippen LogP contribution in [0.4, 0.5) is 0 Å². The minimum atomic E-state index is 0.558. The van der Waals surface area contributed by atoms with Crippen LogP contribution in [0.25, 0.3) is 10.2 Å². The fraction of sp³-hybridized carbons (Fsp3) is 0.214. The number of nitrogens with zero attached hydrogens (tertiary/aromatic N) is 3. The maximum atomic E-state index is 4.65. The van der Waals surface area contributed by atoms with Gasteiger partial charge in [-0.15, -0.1) is 11.3 Å². The highest BCUT2D eigenvalue weighted by Crippen LogP contribution is 2.40. The van der Waals surface area contributed by atoms with Gasteiger partial charge in [-0.1, -0.05) is 12.1 Å². The number of thiazole rings is 1. The lowest BCUT2D eigenvalue weighted by Gasteiger charge is -2.02. The first-order chi connectivity index (χ1) is 9.78. The Morgan fingerprint density at radius 3 is 2.80 bits per heavy atom. The van der Waals surface area contributed by atoms with E-state index in [1.165, 1.54) is 17.5 Å². The van der Waals surface area contributed by atoms with Gasteiger partial charge in [0.15, 0.2) is 4.34 Å². The third-order valence-corrected chi connectivity index (χ3v) is 5.52. The van der Waals surface area contributed by atoms with Gasteiger partial charge in [-0.25, -0.2) is 15.0 Å². The highest BCUT2D eigenvalue weighted by atomic mass is 79.9. The van der Waals surface area contributed by atoms with Crippen LogP contribution in [-0.2, 0) is 0 Å². The van der Waals surface area contributed by atoms with Crippen LogP contribution < -0.4 is 0 Å². The quantitative estimate of drug-likeness (QED) is 0.621. The van der Waals surface area contributed by atoms with Crippen molar-refractivity contribution >= 4 is 49.2 Å². The van der Waals surface area contributed by atoms with E-state index in [4.69, 9.17) is 0 Å². The molecule has 3 nitrogen and oxygen atoms in total. The molecule has 100 valence electrons. The van der Waals surface area contributed by atoms with E-state index < -0.39 is 0 Å². The van der Waals surface area contributed by atoms with Gasteiger partial charge in [0.25, 0.3) is 0 Å². The molecule has 1 aliphatic carbocycles. The molecule has 0 spiro atoms.